The number of hydrogen-bond acceptors (Lipinski definition) is 2. The van der Waals surface area contributed by atoms with Gasteiger partial charge in [0.25, 0.3) is 5.91 Å². The minimum atomic E-state index is -0.118. The predicted molar refractivity (Wildman–Crippen MR) is 61.2 cm³/mol. The number of amides is 1. The number of nitrogens with two attached hydrogens (primary N) is 1. The van der Waals surface area contributed by atoms with Crippen LogP contribution in [0.5, 0.6) is 0 Å². The summed E-state index contributed by atoms with van der Waals surface area (Å²) in [5, 5.41) is 1.28. The Morgan fingerprint density at radius 2 is 2.13 bits per heavy atom. The van der Waals surface area contributed by atoms with Crippen LogP contribution in [0.4, 0.5) is 0 Å². The summed E-state index contributed by atoms with van der Waals surface area (Å²) < 4.78 is 0. The molecule has 1 amide bonds. The highest BCUT2D eigenvalue weighted by Crippen LogP contribution is 2.07. The second-order valence-corrected chi connectivity index (χ2v) is 4.22. The largest absolute Gasteiger partial charge is 0.276 e. The summed E-state index contributed by atoms with van der Waals surface area (Å²) in [7, 11) is 0. The number of benzene rings is 1. The van der Waals surface area contributed by atoms with Gasteiger partial charge in [-0.3, -0.25) is 9.80 Å². The summed E-state index contributed by atoms with van der Waals surface area (Å²) >= 11 is 0. The normalized spacial score (nSPS) is 10.5. The van der Waals surface area contributed by atoms with Crippen molar-refractivity contribution in [2.45, 2.75) is 20.8 Å². The Hall–Kier alpha value is -1.35. The quantitative estimate of drug-likeness (QED) is 0.467. The van der Waals surface area contributed by atoms with E-state index in [1.807, 2.05) is 39.0 Å². The predicted octanol–water partition coefficient (Wildman–Crippen LogP) is 1.97. The maximum absolute atomic E-state index is 11.8. The summed E-state index contributed by atoms with van der Waals surface area (Å²) in [6.07, 6.45) is 0. The molecular formula is C12H18N2O. The van der Waals surface area contributed by atoms with Gasteiger partial charge in [0.1, 0.15) is 0 Å². The Labute approximate surface area is 90.9 Å². The van der Waals surface area contributed by atoms with Crippen LogP contribution in [-0.2, 0) is 0 Å². The van der Waals surface area contributed by atoms with E-state index in [0.29, 0.717) is 18.0 Å². The summed E-state index contributed by atoms with van der Waals surface area (Å²) in [5.41, 5.74) is 1.72. The lowest BCUT2D eigenvalue weighted by Crippen LogP contribution is -2.40. The van der Waals surface area contributed by atoms with Crippen LogP contribution < -0.4 is 5.84 Å². The Kier molecular flexibility index (Phi) is 3.86. The van der Waals surface area contributed by atoms with E-state index in [-0.39, 0.29) is 5.91 Å². The fourth-order valence-electron chi connectivity index (χ4n) is 1.42. The summed E-state index contributed by atoms with van der Waals surface area (Å²) in [6.45, 7) is 6.60. The van der Waals surface area contributed by atoms with Gasteiger partial charge in [0, 0.05) is 12.1 Å². The molecule has 0 saturated carbocycles. The van der Waals surface area contributed by atoms with Crippen LogP contribution in [0.1, 0.15) is 29.8 Å². The first kappa shape index (κ1) is 11.7. The Morgan fingerprint density at radius 3 is 2.67 bits per heavy atom. The van der Waals surface area contributed by atoms with Crippen LogP contribution in [0, 0.1) is 12.8 Å². The fraction of sp³-hybridized carbons (Fsp3) is 0.417. The molecule has 2 N–H and O–H groups in total. The van der Waals surface area contributed by atoms with Gasteiger partial charge >= 0.3 is 0 Å². The van der Waals surface area contributed by atoms with Gasteiger partial charge in [0.05, 0.1) is 0 Å². The van der Waals surface area contributed by atoms with Crippen molar-refractivity contribution in [2.24, 2.45) is 11.8 Å². The molecule has 0 aliphatic heterocycles. The molecule has 0 aliphatic rings. The zero-order valence-electron chi connectivity index (χ0n) is 9.53. The number of hydrogen-bond donors (Lipinski definition) is 1. The van der Waals surface area contributed by atoms with E-state index in [0.717, 1.165) is 5.56 Å². The maximum atomic E-state index is 11.8. The molecule has 0 spiro atoms. The summed E-state index contributed by atoms with van der Waals surface area (Å²) in [5.74, 6) is 5.94. The third-order valence-corrected chi connectivity index (χ3v) is 2.09. The molecule has 1 aromatic rings. The molecular weight excluding hydrogens is 188 g/mol. The Bertz CT molecular complexity index is 347. The second kappa shape index (κ2) is 4.94. The van der Waals surface area contributed by atoms with E-state index >= 15 is 0 Å². The zero-order valence-corrected chi connectivity index (χ0v) is 9.53. The summed E-state index contributed by atoms with van der Waals surface area (Å²) in [4.78, 5) is 11.8. The minimum absolute atomic E-state index is 0.118. The number of rotatable bonds is 3. The van der Waals surface area contributed by atoms with Crippen LogP contribution in [0.15, 0.2) is 24.3 Å². The van der Waals surface area contributed by atoms with E-state index in [4.69, 9.17) is 5.84 Å². The lowest BCUT2D eigenvalue weighted by molar-refractivity contribution is 0.0736. The Morgan fingerprint density at radius 1 is 1.47 bits per heavy atom. The average Bonchev–Trinajstić information content (AvgIpc) is 2.15. The standard InChI is InChI=1S/C12H18N2O/c1-9(2)8-14(13)12(15)11-6-4-5-10(3)7-11/h4-7,9H,8,13H2,1-3H3. The van der Waals surface area contributed by atoms with Gasteiger partial charge < -0.3 is 0 Å². The molecule has 0 heterocycles. The number of carbonyl (C=O) groups is 1. The van der Waals surface area contributed by atoms with E-state index in [1.165, 1.54) is 5.01 Å². The molecule has 1 rings (SSSR count). The average molecular weight is 206 g/mol. The smallest absolute Gasteiger partial charge is 0.267 e. The van der Waals surface area contributed by atoms with E-state index in [2.05, 4.69) is 0 Å². The molecule has 82 valence electrons. The van der Waals surface area contributed by atoms with Gasteiger partial charge in [-0.15, -0.1) is 0 Å². The van der Waals surface area contributed by atoms with Gasteiger partial charge in [-0.2, -0.15) is 0 Å². The summed E-state index contributed by atoms with van der Waals surface area (Å²) in [6, 6.07) is 7.46. The molecule has 0 bridgehead atoms. The molecule has 1 aromatic carbocycles. The van der Waals surface area contributed by atoms with Gasteiger partial charge in [-0.05, 0) is 25.0 Å². The van der Waals surface area contributed by atoms with Crippen LogP contribution in [-0.4, -0.2) is 17.5 Å². The molecule has 0 saturated heterocycles. The van der Waals surface area contributed by atoms with Gasteiger partial charge in [-0.25, -0.2) is 5.84 Å². The SMILES string of the molecule is Cc1cccc(C(=O)N(N)CC(C)C)c1. The molecule has 0 aromatic heterocycles. The third kappa shape index (κ3) is 3.36. The molecule has 3 nitrogen and oxygen atoms in total. The van der Waals surface area contributed by atoms with E-state index in [1.54, 1.807) is 6.07 Å². The van der Waals surface area contributed by atoms with Crippen molar-refractivity contribution >= 4 is 5.91 Å². The molecule has 15 heavy (non-hydrogen) atoms. The van der Waals surface area contributed by atoms with Crippen LogP contribution in [0.2, 0.25) is 0 Å². The van der Waals surface area contributed by atoms with E-state index in [9.17, 15) is 4.79 Å². The van der Waals surface area contributed by atoms with E-state index < -0.39 is 0 Å². The minimum Gasteiger partial charge on any atom is -0.276 e. The number of aryl methyl sites for hydroxylation is 1. The first-order chi connectivity index (χ1) is 7.00. The first-order valence-corrected chi connectivity index (χ1v) is 5.14. The lowest BCUT2D eigenvalue weighted by atomic mass is 10.1. The highest BCUT2D eigenvalue weighted by molar-refractivity contribution is 5.93. The topological polar surface area (TPSA) is 46.3 Å². The molecule has 0 unspecified atom stereocenters. The van der Waals surface area contributed by atoms with Gasteiger partial charge in [0.2, 0.25) is 0 Å². The van der Waals surface area contributed by atoms with Crippen molar-refractivity contribution in [2.75, 3.05) is 6.54 Å². The number of nitrogens with zero attached hydrogens (tertiary/aromatic N) is 1. The molecule has 3 heteroatoms. The highest BCUT2D eigenvalue weighted by atomic mass is 16.2. The Balaban J connectivity index is 2.76. The van der Waals surface area contributed by atoms with Crippen LogP contribution in [0.3, 0.4) is 0 Å². The molecule has 0 atom stereocenters. The van der Waals surface area contributed by atoms with Crippen molar-refractivity contribution in [1.29, 1.82) is 0 Å². The number of hydrazine groups is 1. The number of carbonyl (C=O) groups excluding carboxylic acids is 1. The van der Waals surface area contributed by atoms with Gasteiger partial charge in [-0.1, -0.05) is 31.5 Å². The first-order valence-electron chi connectivity index (χ1n) is 5.14. The zero-order chi connectivity index (χ0) is 11.4. The molecule has 0 fully saturated rings. The van der Waals surface area contributed by atoms with Crippen LogP contribution in [0.25, 0.3) is 0 Å². The van der Waals surface area contributed by atoms with Crippen LogP contribution >= 0.6 is 0 Å². The molecule has 0 aliphatic carbocycles. The maximum Gasteiger partial charge on any atom is 0.267 e. The second-order valence-electron chi connectivity index (χ2n) is 4.22. The fourth-order valence-corrected chi connectivity index (χ4v) is 1.42. The van der Waals surface area contributed by atoms with Crippen molar-refractivity contribution in [3.8, 4) is 0 Å². The van der Waals surface area contributed by atoms with Crippen molar-refractivity contribution in [3.05, 3.63) is 35.4 Å². The molecule has 0 radical (unpaired) electrons. The van der Waals surface area contributed by atoms with Crippen molar-refractivity contribution in [3.63, 3.8) is 0 Å². The van der Waals surface area contributed by atoms with Crippen molar-refractivity contribution < 1.29 is 4.79 Å². The third-order valence-electron chi connectivity index (χ3n) is 2.09. The van der Waals surface area contributed by atoms with Gasteiger partial charge in [0.15, 0.2) is 0 Å². The monoisotopic (exact) mass is 206 g/mol. The highest BCUT2D eigenvalue weighted by Gasteiger charge is 2.12. The van der Waals surface area contributed by atoms with Crippen molar-refractivity contribution in [1.82, 2.24) is 5.01 Å². The lowest BCUT2D eigenvalue weighted by Gasteiger charge is -2.18.